The minimum Gasteiger partial charge on any atom is -0.402 e. The first kappa shape index (κ1) is 10.8. The minimum absolute atomic E-state index is 0.293. The predicted molar refractivity (Wildman–Crippen MR) is 62.0 cm³/mol. The monoisotopic (exact) mass is 189 g/mol. The van der Waals surface area contributed by atoms with Crippen LogP contribution in [0, 0.1) is 5.92 Å². The predicted octanol–water partition coefficient (Wildman–Crippen LogP) is 3.29. The van der Waals surface area contributed by atoms with Crippen LogP contribution in [0.5, 0.6) is 0 Å². The maximum absolute atomic E-state index is 5.85. The highest BCUT2D eigenvalue weighted by atomic mass is 14.6. The molecule has 0 aliphatic rings. The molecule has 1 aromatic rings. The van der Waals surface area contributed by atoms with E-state index in [-0.39, 0.29) is 0 Å². The minimum atomic E-state index is 0.293. The second-order valence-corrected chi connectivity index (χ2v) is 3.85. The third-order valence-corrected chi connectivity index (χ3v) is 2.77. The standard InChI is InChI=1S/C13H19N/c1-4-10(2)13(11(3)14)12-8-6-5-7-9-12/h5-10,13H,3-4,14H2,1-2H3/t10?,13-/m1/s1. The zero-order chi connectivity index (χ0) is 10.6. The van der Waals surface area contributed by atoms with Gasteiger partial charge in [0.25, 0.3) is 0 Å². The molecule has 0 aliphatic carbocycles. The Morgan fingerprint density at radius 3 is 2.36 bits per heavy atom. The van der Waals surface area contributed by atoms with E-state index in [0.29, 0.717) is 11.8 Å². The van der Waals surface area contributed by atoms with Crippen LogP contribution in [0.4, 0.5) is 0 Å². The SMILES string of the molecule is C=C(N)[C@H](c1ccccc1)C(C)CC. The molecule has 14 heavy (non-hydrogen) atoms. The van der Waals surface area contributed by atoms with E-state index in [1.165, 1.54) is 5.56 Å². The Morgan fingerprint density at radius 1 is 1.36 bits per heavy atom. The molecule has 0 amide bonds. The van der Waals surface area contributed by atoms with Crippen LogP contribution in [0.1, 0.15) is 31.7 Å². The lowest BCUT2D eigenvalue weighted by Gasteiger charge is -2.23. The molecule has 2 N–H and O–H groups in total. The van der Waals surface area contributed by atoms with Crippen molar-refractivity contribution in [2.24, 2.45) is 11.7 Å². The van der Waals surface area contributed by atoms with Gasteiger partial charge in [-0.25, -0.2) is 0 Å². The van der Waals surface area contributed by atoms with E-state index in [2.05, 4.69) is 32.6 Å². The molecule has 1 unspecified atom stereocenters. The fourth-order valence-electron chi connectivity index (χ4n) is 1.80. The van der Waals surface area contributed by atoms with Crippen LogP contribution in [-0.4, -0.2) is 0 Å². The molecule has 0 radical (unpaired) electrons. The first-order valence-corrected chi connectivity index (χ1v) is 5.16. The second-order valence-electron chi connectivity index (χ2n) is 3.85. The molecule has 0 aliphatic heterocycles. The van der Waals surface area contributed by atoms with Gasteiger partial charge in [-0.2, -0.15) is 0 Å². The Morgan fingerprint density at radius 2 is 1.93 bits per heavy atom. The Bertz CT molecular complexity index is 289. The van der Waals surface area contributed by atoms with E-state index < -0.39 is 0 Å². The van der Waals surface area contributed by atoms with Gasteiger partial charge in [0.15, 0.2) is 0 Å². The molecule has 0 saturated heterocycles. The zero-order valence-corrected chi connectivity index (χ0v) is 9.03. The van der Waals surface area contributed by atoms with E-state index in [9.17, 15) is 0 Å². The van der Waals surface area contributed by atoms with Gasteiger partial charge in [-0.3, -0.25) is 0 Å². The Labute approximate surface area is 86.6 Å². The zero-order valence-electron chi connectivity index (χ0n) is 9.03. The number of rotatable bonds is 4. The first-order chi connectivity index (χ1) is 6.66. The topological polar surface area (TPSA) is 26.0 Å². The average Bonchev–Trinajstić information content (AvgIpc) is 2.19. The van der Waals surface area contributed by atoms with E-state index in [0.717, 1.165) is 12.1 Å². The quantitative estimate of drug-likeness (QED) is 0.772. The summed E-state index contributed by atoms with van der Waals surface area (Å²) in [4.78, 5) is 0. The molecule has 1 aromatic carbocycles. The van der Waals surface area contributed by atoms with Gasteiger partial charge in [0.2, 0.25) is 0 Å². The van der Waals surface area contributed by atoms with Crippen LogP contribution in [-0.2, 0) is 0 Å². The third-order valence-electron chi connectivity index (χ3n) is 2.77. The number of hydrogen-bond acceptors (Lipinski definition) is 1. The molecule has 0 aromatic heterocycles. The van der Waals surface area contributed by atoms with Gasteiger partial charge in [0.1, 0.15) is 0 Å². The van der Waals surface area contributed by atoms with Crippen molar-refractivity contribution in [1.29, 1.82) is 0 Å². The summed E-state index contributed by atoms with van der Waals surface area (Å²) < 4.78 is 0. The number of allylic oxidation sites excluding steroid dienone is 1. The van der Waals surface area contributed by atoms with Gasteiger partial charge in [0, 0.05) is 11.6 Å². The number of nitrogens with two attached hydrogens (primary N) is 1. The van der Waals surface area contributed by atoms with Crippen LogP contribution in [0.15, 0.2) is 42.6 Å². The average molecular weight is 189 g/mol. The van der Waals surface area contributed by atoms with Gasteiger partial charge >= 0.3 is 0 Å². The highest BCUT2D eigenvalue weighted by molar-refractivity contribution is 5.27. The first-order valence-electron chi connectivity index (χ1n) is 5.16. The van der Waals surface area contributed by atoms with Gasteiger partial charge in [-0.1, -0.05) is 57.2 Å². The fourth-order valence-corrected chi connectivity index (χ4v) is 1.80. The molecule has 1 nitrogen and oxygen atoms in total. The van der Waals surface area contributed by atoms with Crippen LogP contribution in [0.3, 0.4) is 0 Å². The lowest BCUT2D eigenvalue weighted by atomic mass is 9.84. The lowest BCUT2D eigenvalue weighted by Crippen LogP contribution is -2.16. The van der Waals surface area contributed by atoms with Crippen molar-refractivity contribution in [1.82, 2.24) is 0 Å². The number of hydrogen-bond donors (Lipinski definition) is 1. The highest BCUT2D eigenvalue weighted by Crippen LogP contribution is 2.30. The maximum Gasteiger partial charge on any atom is 0.0255 e. The van der Waals surface area contributed by atoms with Crippen molar-refractivity contribution < 1.29 is 0 Å². The molecule has 1 rings (SSSR count). The summed E-state index contributed by atoms with van der Waals surface area (Å²) in [6.45, 7) is 8.28. The van der Waals surface area contributed by atoms with Gasteiger partial charge < -0.3 is 5.73 Å². The Kier molecular flexibility index (Phi) is 3.75. The van der Waals surface area contributed by atoms with Gasteiger partial charge in [-0.05, 0) is 11.5 Å². The Hall–Kier alpha value is -1.24. The summed E-state index contributed by atoms with van der Waals surface area (Å²) >= 11 is 0. The van der Waals surface area contributed by atoms with Gasteiger partial charge in [-0.15, -0.1) is 0 Å². The Balaban J connectivity index is 2.95. The highest BCUT2D eigenvalue weighted by Gasteiger charge is 2.18. The summed E-state index contributed by atoms with van der Waals surface area (Å²) in [5.74, 6) is 0.844. The van der Waals surface area contributed by atoms with Crippen molar-refractivity contribution in [2.75, 3.05) is 0 Å². The third kappa shape index (κ3) is 2.38. The van der Waals surface area contributed by atoms with Crippen LogP contribution < -0.4 is 5.73 Å². The summed E-state index contributed by atoms with van der Waals surface area (Å²) in [6.07, 6.45) is 1.12. The summed E-state index contributed by atoms with van der Waals surface area (Å²) in [7, 11) is 0. The summed E-state index contributed by atoms with van der Waals surface area (Å²) in [5.41, 5.74) is 7.89. The molecular formula is C13H19N. The van der Waals surface area contributed by atoms with E-state index in [1.807, 2.05) is 18.2 Å². The van der Waals surface area contributed by atoms with Crippen molar-refractivity contribution in [3.8, 4) is 0 Å². The van der Waals surface area contributed by atoms with Crippen LogP contribution in [0.25, 0.3) is 0 Å². The van der Waals surface area contributed by atoms with E-state index in [4.69, 9.17) is 5.73 Å². The van der Waals surface area contributed by atoms with Crippen molar-refractivity contribution >= 4 is 0 Å². The molecule has 0 saturated carbocycles. The molecule has 76 valence electrons. The molecule has 0 heterocycles. The second kappa shape index (κ2) is 4.85. The van der Waals surface area contributed by atoms with Crippen molar-refractivity contribution in [3.63, 3.8) is 0 Å². The molecule has 0 spiro atoms. The molecule has 0 fully saturated rings. The maximum atomic E-state index is 5.85. The molecule has 1 heteroatoms. The van der Waals surface area contributed by atoms with E-state index in [1.54, 1.807) is 0 Å². The summed E-state index contributed by atoms with van der Waals surface area (Å²) in [5, 5.41) is 0. The lowest BCUT2D eigenvalue weighted by molar-refractivity contribution is 0.488. The molecule has 0 bridgehead atoms. The largest absolute Gasteiger partial charge is 0.402 e. The molecule has 2 atom stereocenters. The van der Waals surface area contributed by atoms with Crippen LogP contribution >= 0.6 is 0 Å². The van der Waals surface area contributed by atoms with Gasteiger partial charge in [0.05, 0.1) is 0 Å². The normalized spacial score (nSPS) is 14.7. The van der Waals surface area contributed by atoms with Crippen LogP contribution in [0.2, 0.25) is 0 Å². The van der Waals surface area contributed by atoms with E-state index >= 15 is 0 Å². The molecular weight excluding hydrogens is 170 g/mol. The van der Waals surface area contributed by atoms with Crippen molar-refractivity contribution in [3.05, 3.63) is 48.2 Å². The fraction of sp³-hybridized carbons (Fsp3) is 0.385. The summed E-state index contributed by atoms with van der Waals surface area (Å²) in [6, 6.07) is 10.4. The number of benzene rings is 1. The van der Waals surface area contributed by atoms with Crippen molar-refractivity contribution in [2.45, 2.75) is 26.2 Å². The smallest absolute Gasteiger partial charge is 0.0255 e.